The van der Waals surface area contributed by atoms with Crippen LogP contribution in [0.1, 0.15) is 64.5 Å². The third kappa shape index (κ3) is 2.86. The molecule has 0 saturated heterocycles. The zero-order valence-electron chi connectivity index (χ0n) is 17.7. The average molecular weight is 429 g/mol. The van der Waals surface area contributed by atoms with Crippen molar-refractivity contribution >= 4 is 16.8 Å². The number of H-pyrrole nitrogens is 1. The first kappa shape index (κ1) is 19.2. The number of para-hydroxylation sites is 1. The molecule has 1 saturated carbocycles. The normalized spacial score (nSPS) is 19.6. The highest BCUT2D eigenvalue weighted by Crippen LogP contribution is 2.42. The average Bonchev–Trinajstić information content (AvgIpc) is 3.42. The van der Waals surface area contributed by atoms with Gasteiger partial charge in [-0.1, -0.05) is 24.3 Å². The molecule has 0 radical (unpaired) electrons. The Morgan fingerprint density at radius 3 is 2.88 bits per heavy atom. The third-order valence-electron chi connectivity index (χ3n) is 6.66. The Kier molecular flexibility index (Phi) is 4.19. The number of aromatic amines is 1. The number of pyridine rings is 1. The van der Waals surface area contributed by atoms with Crippen LogP contribution in [0.3, 0.4) is 0 Å². The van der Waals surface area contributed by atoms with Gasteiger partial charge in [-0.15, -0.1) is 0 Å². The van der Waals surface area contributed by atoms with Gasteiger partial charge in [0.2, 0.25) is 11.7 Å². The third-order valence-corrected chi connectivity index (χ3v) is 6.66. The lowest BCUT2D eigenvalue weighted by atomic mass is 9.80. The zero-order chi connectivity index (χ0) is 21.9. The number of nitrogens with zero attached hydrogens (tertiary/aromatic N) is 4. The van der Waals surface area contributed by atoms with Gasteiger partial charge in [-0.3, -0.25) is 9.78 Å². The van der Waals surface area contributed by atoms with Gasteiger partial charge in [0.15, 0.2) is 0 Å². The molecule has 2 aliphatic rings. The van der Waals surface area contributed by atoms with E-state index in [2.05, 4.69) is 15.0 Å². The van der Waals surface area contributed by atoms with E-state index < -0.39 is 11.6 Å². The summed E-state index contributed by atoms with van der Waals surface area (Å²) in [6.07, 6.45) is 4.45. The SMILES string of the molecule is Cc1nc(C2(O)CCC2)oc1C(=O)N1CCc2[nH]cnc2[C@@H]1c1ccc2ccccc2n1. The van der Waals surface area contributed by atoms with Crippen LogP contribution in [0.4, 0.5) is 0 Å². The molecule has 1 aliphatic heterocycles. The van der Waals surface area contributed by atoms with Gasteiger partial charge in [-0.05, 0) is 38.3 Å². The monoisotopic (exact) mass is 429 g/mol. The van der Waals surface area contributed by atoms with Crippen molar-refractivity contribution in [3.63, 3.8) is 0 Å². The summed E-state index contributed by atoms with van der Waals surface area (Å²) in [6.45, 7) is 2.24. The maximum Gasteiger partial charge on any atom is 0.292 e. The first-order valence-corrected chi connectivity index (χ1v) is 10.9. The molecule has 0 spiro atoms. The second-order valence-corrected chi connectivity index (χ2v) is 8.66. The minimum absolute atomic E-state index is 0.171. The van der Waals surface area contributed by atoms with Gasteiger partial charge in [-0.25, -0.2) is 9.97 Å². The van der Waals surface area contributed by atoms with Crippen LogP contribution in [0, 0.1) is 6.92 Å². The van der Waals surface area contributed by atoms with Gasteiger partial charge >= 0.3 is 0 Å². The van der Waals surface area contributed by atoms with Crippen molar-refractivity contribution in [2.24, 2.45) is 0 Å². The lowest BCUT2D eigenvalue weighted by Gasteiger charge is -2.34. The Morgan fingerprint density at radius 1 is 1.22 bits per heavy atom. The molecule has 0 bridgehead atoms. The predicted octanol–water partition coefficient (Wildman–Crippen LogP) is 3.41. The van der Waals surface area contributed by atoms with E-state index in [4.69, 9.17) is 9.40 Å². The van der Waals surface area contributed by atoms with Crippen LogP contribution in [0.2, 0.25) is 0 Å². The van der Waals surface area contributed by atoms with Crippen molar-refractivity contribution in [2.45, 2.75) is 44.2 Å². The molecule has 162 valence electrons. The summed E-state index contributed by atoms with van der Waals surface area (Å²) >= 11 is 0. The highest BCUT2D eigenvalue weighted by Gasteiger charge is 2.43. The van der Waals surface area contributed by atoms with Crippen LogP contribution in [-0.2, 0) is 12.0 Å². The van der Waals surface area contributed by atoms with E-state index in [9.17, 15) is 9.90 Å². The second-order valence-electron chi connectivity index (χ2n) is 8.66. The van der Waals surface area contributed by atoms with Crippen LogP contribution in [0.25, 0.3) is 10.9 Å². The highest BCUT2D eigenvalue weighted by molar-refractivity contribution is 5.93. The molecule has 4 heterocycles. The molecular formula is C24H23N5O3. The number of hydrogen-bond acceptors (Lipinski definition) is 6. The summed E-state index contributed by atoms with van der Waals surface area (Å²) in [4.78, 5) is 32.4. The fraction of sp³-hybridized carbons (Fsp3) is 0.333. The quantitative estimate of drug-likeness (QED) is 0.517. The number of benzene rings is 1. The minimum Gasteiger partial charge on any atom is -0.432 e. The van der Waals surface area contributed by atoms with Crippen molar-refractivity contribution in [1.29, 1.82) is 0 Å². The number of amides is 1. The molecule has 3 aromatic heterocycles. The van der Waals surface area contributed by atoms with Gasteiger partial charge in [-0.2, -0.15) is 0 Å². The van der Waals surface area contributed by atoms with Crippen molar-refractivity contribution in [1.82, 2.24) is 24.8 Å². The number of imidazole rings is 1. The molecule has 0 unspecified atom stereocenters. The number of aromatic nitrogens is 4. The Balaban J connectivity index is 1.42. The topological polar surface area (TPSA) is 108 Å². The van der Waals surface area contributed by atoms with E-state index in [1.807, 2.05) is 36.4 Å². The zero-order valence-corrected chi connectivity index (χ0v) is 17.7. The second kappa shape index (κ2) is 7.00. The minimum atomic E-state index is -1.06. The Hall–Kier alpha value is -3.52. The Bertz CT molecular complexity index is 1340. The molecule has 1 amide bonds. The van der Waals surface area contributed by atoms with Crippen LogP contribution < -0.4 is 0 Å². The summed E-state index contributed by atoms with van der Waals surface area (Å²) in [7, 11) is 0. The smallest absolute Gasteiger partial charge is 0.292 e. The molecule has 8 nitrogen and oxygen atoms in total. The largest absolute Gasteiger partial charge is 0.432 e. The highest BCUT2D eigenvalue weighted by atomic mass is 16.4. The molecule has 1 aromatic carbocycles. The fourth-order valence-corrected chi connectivity index (χ4v) is 4.68. The molecule has 4 aromatic rings. The Labute approximate surface area is 184 Å². The summed E-state index contributed by atoms with van der Waals surface area (Å²) in [5.41, 5.74) is 2.85. The van der Waals surface area contributed by atoms with Gasteiger partial charge in [0.25, 0.3) is 5.91 Å². The van der Waals surface area contributed by atoms with Crippen LogP contribution in [0.15, 0.2) is 47.1 Å². The predicted molar refractivity (Wildman–Crippen MR) is 116 cm³/mol. The number of nitrogens with one attached hydrogen (secondary N) is 1. The number of hydrogen-bond donors (Lipinski definition) is 2. The van der Waals surface area contributed by atoms with E-state index in [1.54, 1.807) is 18.2 Å². The lowest BCUT2D eigenvalue weighted by Crippen LogP contribution is -2.41. The summed E-state index contributed by atoms with van der Waals surface area (Å²) in [5.74, 6) is 0.144. The molecular weight excluding hydrogens is 406 g/mol. The van der Waals surface area contributed by atoms with Crippen molar-refractivity contribution < 1.29 is 14.3 Å². The summed E-state index contributed by atoms with van der Waals surface area (Å²) in [6, 6.07) is 11.4. The van der Waals surface area contributed by atoms with Gasteiger partial charge in [0.05, 0.1) is 28.9 Å². The summed E-state index contributed by atoms with van der Waals surface area (Å²) in [5, 5.41) is 11.7. The standard InChI is InChI=1S/C24H23N5O3/c1-14-21(32-23(27-14)24(31)10-4-11-24)22(30)29-12-9-17-19(26-13-25-17)20(29)18-8-7-15-5-2-3-6-16(15)28-18/h2-3,5-8,13,20,31H,4,9-12H2,1H3,(H,25,26)/t20-/m0/s1. The molecule has 6 rings (SSSR count). The number of oxazole rings is 1. The number of fused-ring (bicyclic) bond motifs is 2. The first-order chi connectivity index (χ1) is 15.5. The summed E-state index contributed by atoms with van der Waals surface area (Å²) < 4.78 is 5.86. The number of aliphatic hydroxyl groups is 1. The van der Waals surface area contributed by atoms with Crippen molar-refractivity contribution in [2.75, 3.05) is 6.54 Å². The maximum atomic E-state index is 13.7. The number of rotatable bonds is 3. The van der Waals surface area contributed by atoms with Crippen LogP contribution in [0.5, 0.6) is 0 Å². The first-order valence-electron chi connectivity index (χ1n) is 10.9. The van der Waals surface area contributed by atoms with Crippen molar-refractivity contribution in [3.8, 4) is 0 Å². The molecule has 2 N–H and O–H groups in total. The van der Waals surface area contributed by atoms with E-state index >= 15 is 0 Å². The van der Waals surface area contributed by atoms with Crippen LogP contribution >= 0.6 is 0 Å². The molecule has 1 aliphatic carbocycles. The molecule has 8 heteroatoms. The van der Waals surface area contributed by atoms with E-state index in [0.29, 0.717) is 31.5 Å². The molecule has 1 atom stereocenters. The van der Waals surface area contributed by atoms with Gasteiger partial charge < -0.3 is 19.4 Å². The van der Waals surface area contributed by atoms with Gasteiger partial charge in [0, 0.05) is 24.0 Å². The van der Waals surface area contributed by atoms with E-state index in [0.717, 1.165) is 34.4 Å². The van der Waals surface area contributed by atoms with Crippen LogP contribution in [-0.4, -0.2) is 42.4 Å². The number of carbonyl (C=O) groups is 1. The Morgan fingerprint density at radius 2 is 2.06 bits per heavy atom. The maximum absolute atomic E-state index is 13.7. The van der Waals surface area contributed by atoms with Crippen molar-refractivity contribution in [3.05, 3.63) is 77.2 Å². The molecule has 32 heavy (non-hydrogen) atoms. The van der Waals surface area contributed by atoms with E-state index in [-0.39, 0.29) is 17.6 Å². The number of carbonyl (C=O) groups excluding carboxylic acids is 1. The fourth-order valence-electron chi connectivity index (χ4n) is 4.68. The van der Waals surface area contributed by atoms with Gasteiger partial charge in [0.1, 0.15) is 11.6 Å². The van der Waals surface area contributed by atoms with E-state index in [1.165, 1.54) is 0 Å². The lowest BCUT2D eigenvalue weighted by molar-refractivity contribution is -0.0616. The molecule has 1 fully saturated rings. The number of aryl methyl sites for hydroxylation is 1.